The number of carbonyl (C=O) groups is 1. The Morgan fingerprint density at radius 2 is 2.04 bits per heavy atom. The highest BCUT2D eigenvalue weighted by Crippen LogP contribution is 2.29. The van der Waals surface area contributed by atoms with Crippen LogP contribution in [0.25, 0.3) is 0 Å². The van der Waals surface area contributed by atoms with E-state index in [-0.39, 0.29) is 17.9 Å². The van der Waals surface area contributed by atoms with E-state index in [1.54, 1.807) is 6.20 Å². The maximum Gasteiger partial charge on any atom is 0.230 e. The summed E-state index contributed by atoms with van der Waals surface area (Å²) in [5.74, 6) is 0.985. The summed E-state index contributed by atoms with van der Waals surface area (Å²) in [6.07, 6.45) is 5.67. The number of aromatic nitrogens is 1. The molecule has 1 saturated heterocycles. The van der Waals surface area contributed by atoms with Crippen molar-refractivity contribution < 1.29 is 9.53 Å². The monoisotopic (exact) mass is 365 g/mol. The first-order chi connectivity index (χ1) is 13.3. The minimum absolute atomic E-state index is 0.125. The summed E-state index contributed by atoms with van der Waals surface area (Å²) in [7, 11) is 0. The van der Waals surface area contributed by atoms with Crippen LogP contribution in [-0.2, 0) is 17.8 Å². The fourth-order valence-corrected chi connectivity index (χ4v) is 4.09. The molecule has 1 aromatic heterocycles. The predicted molar refractivity (Wildman–Crippen MR) is 104 cm³/mol. The van der Waals surface area contributed by atoms with E-state index in [9.17, 15) is 4.79 Å². The molecule has 2 aliphatic heterocycles. The molecule has 1 amide bonds. The third-order valence-corrected chi connectivity index (χ3v) is 5.56. The SMILES string of the molecule is O=C(C1COc2ccccc2C1)N(Cc1ccccn1)C1CCCNCC1. The van der Waals surface area contributed by atoms with Crippen LogP contribution in [0.2, 0.25) is 0 Å². The van der Waals surface area contributed by atoms with Gasteiger partial charge in [-0.1, -0.05) is 24.3 Å². The first kappa shape index (κ1) is 18.0. The van der Waals surface area contributed by atoms with Gasteiger partial charge in [-0.2, -0.15) is 0 Å². The fourth-order valence-electron chi connectivity index (χ4n) is 4.09. The molecule has 0 bridgehead atoms. The Kier molecular flexibility index (Phi) is 5.68. The van der Waals surface area contributed by atoms with Gasteiger partial charge in [-0.05, 0) is 62.5 Å². The highest BCUT2D eigenvalue weighted by molar-refractivity contribution is 5.80. The average molecular weight is 365 g/mol. The molecule has 5 nitrogen and oxygen atoms in total. The van der Waals surface area contributed by atoms with Crippen molar-refractivity contribution in [1.29, 1.82) is 0 Å². The first-order valence-electron chi connectivity index (χ1n) is 9.93. The molecular weight excluding hydrogens is 338 g/mol. The molecule has 2 atom stereocenters. The van der Waals surface area contributed by atoms with E-state index in [1.165, 1.54) is 0 Å². The molecule has 142 valence electrons. The molecule has 2 aliphatic rings. The van der Waals surface area contributed by atoms with Crippen LogP contribution in [0.4, 0.5) is 0 Å². The maximum absolute atomic E-state index is 13.5. The second-order valence-corrected chi connectivity index (χ2v) is 7.44. The summed E-state index contributed by atoms with van der Waals surface area (Å²) in [5.41, 5.74) is 2.07. The highest BCUT2D eigenvalue weighted by atomic mass is 16.5. The topological polar surface area (TPSA) is 54.5 Å². The van der Waals surface area contributed by atoms with Gasteiger partial charge in [0.2, 0.25) is 5.91 Å². The van der Waals surface area contributed by atoms with Gasteiger partial charge in [0.1, 0.15) is 12.4 Å². The van der Waals surface area contributed by atoms with Crippen molar-refractivity contribution in [3.8, 4) is 5.75 Å². The standard InChI is InChI=1S/C22H27N3O2/c26-22(18-14-17-6-1-2-9-21(17)27-16-18)25(15-19-7-3-4-12-24-19)20-8-5-11-23-13-10-20/h1-4,6-7,9,12,18,20,23H,5,8,10-11,13-16H2. The molecule has 1 aromatic carbocycles. The normalized spacial score (nSPS) is 22.2. The zero-order chi connectivity index (χ0) is 18.5. The summed E-state index contributed by atoms with van der Waals surface area (Å²) in [5, 5.41) is 3.45. The first-order valence-corrected chi connectivity index (χ1v) is 9.93. The molecule has 2 unspecified atom stereocenters. The van der Waals surface area contributed by atoms with Crippen molar-refractivity contribution in [2.75, 3.05) is 19.7 Å². The van der Waals surface area contributed by atoms with Gasteiger partial charge in [0.25, 0.3) is 0 Å². The van der Waals surface area contributed by atoms with Crippen molar-refractivity contribution in [3.63, 3.8) is 0 Å². The van der Waals surface area contributed by atoms with Crippen molar-refractivity contribution >= 4 is 5.91 Å². The number of hydrogen-bond acceptors (Lipinski definition) is 4. The molecule has 1 N–H and O–H groups in total. The number of para-hydroxylation sites is 1. The van der Waals surface area contributed by atoms with E-state index < -0.39 is 0 Å². The Morgan fingerprint density at radius 1 is 1.15 bits per heavy atom. The Morgan fingerprint density at radius 3 is 2.93 bits per heavy atom. The lowest BCUT2D eigenvalue weighted by atomic mass is 9.94. The Bertz CT molecular complexity index is 757. The second-order valence-electron chi connectivity index (χ2n) is 7.44. The van der Waals surface area contributed by atoms with Crippen molar-refractivity contribution in [2.24, 2.45) is 5.92 Å². The smallest absolute Gasteiger partial charge is 0.230 e. The van der Waals surface area contributed by atoms with Gasteiger partial charge in [-0.15, -0.1) is 0 Å². The molecule has 0 aliphatic carbocycles. The summed E-state index contributed by atoms with van der Waals surface area (Å²) in [6, 6.07) is 14.2. The number of pyridine rings is 1. The summed E-state index contributed by atoms with van der Waals surface area (Å²) >= 11 is 0. The second kappa shape index (κ2) is 8.53. The largest absolute Gasteiger partial charge is 0.492 e. The zero-order valence-electron chi connectivity index (χ0n) is 15.6. The highest BCUT2D eigenvalue weighted by Gasteiger charge is 2.33. The van der Waals surface area contributed by atoms with Crippen molar-refractivity contribution in [3.05, 3.63) is 59.9 Å². The number of ether oxygens (including phenoxy) is 1. The third-order valence-electron chi connectivity index (χ3n) is 5.56. The summed E-state index contributed by atoms with van der Waals surface area (Å²) in [6.45, 7) is 3.02. The Balaban J connectivity index is 1.54. The predicted octanol–water partition coefficient (Wildman–Crippen LogP) is 2.80. The molecule has 5 heteroatoms. The van der Waals surface area contributed by atoms with Gasteiger partial charge < -0.3 is 15.0 Å². The molecule has 3 heterocycles. The van der Waals surface area contributed by atoms with Crippen LogP contribution in [-0.4, -0.2) is 41.5 Å². The fraction of sp³-hybridized carbons (Fsp3) is 0.455. The number of hydrogen-bond donors (Lipinski definition) is 1. The number of fused-ring (bicyclic) bond motifs is 1. The third kappa shape index (κ3) is 4.30. The molecule has 0 radical (unpaired) electrons. The van der Waals surface area contributed by atoms with E-state index in [0.29, 0.717) is 13.2 Å². The van der Waals surface area contributed by atoms with Crippen molar-refractivity contribution in [1.82, 2.24) is 15.2 Å². The lowest BCUT2D eigenvalue weighted by Gasteiger charge is -2.35. The lowest BCUT2D eigenvalue weighted by Crippen LogP contribution is -2.46. The van der Waals surface area contributed by atoms with Crippen LogP contribution >= 0.6 is 0 Å². The number of nitrogens with zero attached hydrogens (tertiary/aromatic N) is 2. The van der Waals surface area contributed by atoms with Crippen molar-refractivity contribution in [2.45, 2.75) is 38.3 Å². The molecule has 4 rings (SSSR count). The van der Waals surface area contributed by atoms with E-state index in [1.807, 2.05) is 36.4 Å². The van der Waals surface area contributed by atoms with Crippen LogP contribution in [0.15, 0.2) is 48.7 Å². The number of amides is 1. The van der Waals surface area contributed by atoms with Crippen LogP contribution in [0.5, 0.6) is 5.75 Å². The minimum atomic E-state index is -0.125. The number of benzene rings is 1. The van der Waals surface area contributed by atoms with E-state index in [0.717, 1.165) is 55.8 Å². The molecule has 0 spiro atoms. The van der Waals surface area contributed by atoms with Crippen LogP contribution in [0.1, 0.15) is 30.5 Å². The van der Waals surface area contributed by atoms with Gasteiger partial charge in [0.05, 0.1) is 18.2 Å². The summed E-state index contributed by atoms with van der Waals surface area (Å²) in [4.78, 5) is 20.0. The van der Waals surface area contributed by atoms with Crippen LogP contribution in [0, 0.1) is 5.92 Å². The zero-order valence-corrected chi connectivity index (χ0v) is 15.6. The minimum Gasteiger partial charge on any atom is -0.492 e. The van der Waals surface area contributed by atoms with Gasteiger partial charge in [-0.25, -0.2) is 0 Å². The van der Waals surface area contributed by atoms with E-state index in [4.69, 9.17) is 4.74 Å². The number of carbonyl (C=O) groups excluding carboxylic acids is 1. The van der Waals surface area contributed by atoms with Gasteiger partial charge >= 0.3 is 0 Å². The average Bonchev–Trinajstić information content (AvgIpc) is 3.01. The molecule has 1 fully saturated rings. The molecule has 2 aromatic rings. The Labute approximate surface area is 160 Å². The van der Waals surface area contributed by atoms with Gasteiger partial charge in [0, 0.05) is 12.2 Å². The van der Waals surface area contributed by atoms with Gasteiger partial charge in [-0.3, -0.25) is 9.78 Å². The molecular formula is C22H27N3O2. The maximum atomic E-state index is 13.5. The number of nitrogens with one attached hydrogen (secondary N) is 1. The van der Waals surface area contributed by atoms with Crippen LogP contribution in [0.3, 0.4) is 0 Å². The van der Waals surface area contributed by atoms with Gasteiger partial charge in [0.15, 0.2) is 0 Å². The molecule has 27 heavy (non-hydrogen) atoms. The van der Waals surface area contributed by atoms with Crippen LogP contribution < -0.4 is 10.1 Å². The quantitative estimate of drug-likeness (QED) is 0.905. The summed E-state index contributed by atoms with van der Waals surface area (Å²) < 4.78 is 5.89. The van der Waals surface area contributed by atoms with E-state index >= 15 is 0 Å². The van der Waals surface area contributed by atoms with E-state index in [2.05, 4.69) is 21.3 Å². The lowest BCUT2D eigenvalue weighted by molar-refractivity contribution is -0.140. The molecule has 0 saturated carbocycles. The Hall–Kier alpha value is -2.40. The number of rotatable bonds is 4.